The minimum Gasteiger partial charge on any atom is -0.494 e. The summed E-state index contributed by atoms with van der Waals surface area (Å²) in [6, 6.07) is 11.6. The molecule has 0 bridgehead atoms. The lowest BCUT2D eigenvalue weighted by Gasteiger charge is -2.30. The van der Waals surface area contributed by atoms with Crippen molar-refractivity contribution in [2.24, 2.45) is 0 Å². The summed E-state index contributed by atoms with van der Waals surface area (Å²) in [5.74, 6) is 1.45. The van der Waals surface area contributed by atoms with Crippen LogP contribution in [0.5, 0.6) is 5.75 Å². The molecule has 1 aliphatic rings. The predicted octanol–water partition coefficient (Wildman–Crippen LogP) is 4.70. The van der Waals surface area contributed by atoms with Gasteiger partial charge in [-0.25, -0.2) is 14.2 Å². The Morgan fingerprint density at radius 2 is 2.08 bits per heavy atom. The molecule has 1 saturated heterocycles. The van der Waals surface area contributed by atoms with Crippen LogP contribution in [0.25, 0.3) is 22.2 Å². The number of hydrogen-bond acceptors (Lipinski definition) is 8. The third-order valence-electron chi connectivity index (χ3n) is 6.58. The molecular formula is C27H28ClN7O3S. The van der Waals surface area contributed by atoms with Gasteiger partial charge < -0.3 is 25.3 Å². The fourth-order valence-electron chi connectivity index (χ4n) is 4.44. The van der Waals surface area contributed by atoms with E-state index >= 15 is 0 Å². The molecule has 2 aromatic heterocycles. The molecule has 39 heavy (non-hydrogen) atoms. The first-order valence-electron chi connectivity index (χ1n) is 12.2. The Labute approximate surface area is 231 Å². The van der Waals surface area contributed by atoms with Crippen LogP contribution >= 0.6 is 11.6 Å². The SMILES string of the molecule is C=CC(=O)NCc1ccc2c(-c3nc(Nc4ccc(N5CCS(=N)(=O)CC5)cc4OC)ncc3Cl)c[nH]c2c1. The molecule has 4 N–H and O–H groups in total. The maximum Gasteiger partial charge on any atom is 0.243 e. The molecule has 0 spiro atoms. The van der Waals surface area contributed by atoms with E-state index in [0.29, 0.717) is 59.2 Å². The number of fused-ring (bicyclic) bond motifs is 1. The highest BCUT2D eigenvalue weighted by molar-refractivity contribution is 7.92. The van der Waals surface area contributed by atoms with Crippen LogP contribution < -0.4 is 20.3 Å². The second-order valence-electron chi connectivity index (χ2n) is 9.11. The molecule has 0 unspecified atom stereocenters. The highest BCUT2D eigenvalue weighted by Gasteiger charge is 2.20. The molecule has 0 saturated carbocycles. The third-order valence-corrected chi connectivity index (χ3v) is 8.54. The van der Waals surface area contributed by atoms with Gasteiger partial charge in [0.25, 0.3) is 0 Å². The average molecular weight is 566 g/mol. The van der Waals surface area contributed by atoms with Crippen molar-refractivity contribution in [3.63, 3.8) is 0 Å². The van der Waals surface area contributed by atoms with Gasteiger partial charge in [0.2, 0.25) is 11.9 Å². The lowest BCUT2D eigenvalue weighted by Crippen LogP contribution is -2.39. The Morgan fingerprint density at radius 3 is 2.82 bits per heavy atom. The number of methoxy groups -OCH3 is 1. The monoisotopic (exact) mass is 565 g/mol. The summed E-state index contributed by atoms with van der Waals surface area (Å²) in [5, 5.41) is 7.34. The number of nitrogens with one attached hydrogen (secondary N) is 4. The number of nitrogens with zero attached hydrogens (tertiary/aromatic N) is 3. The highest BCUT2D eigenvalue weighted by Crippen LogP contribution is 2.35. The quantitative estimate of drug-likeness (QED) is 0.227. The van der Waals surface area contributed by atoms with Crippen molar-refractivity contribution in [1.29, 1.82) is 4.78 Å². The molecule has 10 nitrogen and oxygen atoms in total. The molecule has 2 aromatic carbocycles. The summed E-state index contributed by atoms with van der Waals surface area (Å²) in [6.07, 6.45) is 4.64. The Hall–Kier alpha value is -4.09. The van der Waals surface area contributed by atoms with E-state index in [4.69, 9.17) is 26.1 Å². The van der Waals surface area contributed by atoms with E-state index < -0.39 is 9.73 Å². The summed E-state index contributed by atoms with van der Waals surface area (Å²) >= 11 is 6.52. The summed E-state index contributed by atoms with van der Waals surface area (Å²) < 4.78 is 25.5. The number of H-pyrrole nitrogens is 1. The third kappa shape index (κ3) is 5.84. The van der Waals surface area contributed by atoms with Crippen molar-refractivity contribution in [1.82, 2.24) is 20.3 Å². The number of rotatable bonds is 8. The average Bonchev–Trinajstić information content (AvgIpc) is 3.36. The number of halogens is 1. The van der Waals surface area contributed by atoms with E-state index in [1.165, 1.54) is 6.08 Å². The summed E-state index contributed by atoms with van der Waals surface area (Å²) in [7, 11) is -0.879. The second-order valence-corrected chi connectivity index (χ2v) is 12.0. The van der Waals surface area contributed by atoms with Crippen molar-refractivity contribution in [2.75, 3.05) is 41.9 Å². The maximum absolute atomic E-state index is 12.0. The lowest BCUT2D eigenvalue weighted by atomic mass is 10.1. The van der Waals surface area contributed by atoms with Crippen LogP contribution in [0.1, 0.15) is 5.56 Å². The number of ether oxygens (including phenoxy) is 1. The molecular weight excluding hydrogens is 538 g/mol. The first-order chi connectivity index (χ1) is 18.8. The number of anilines is 3. The topological polar surface area (TPSA) is 136 Å². The summed E-state index contributed by atoms with van der Waals surface area (Å²) in [4.78, 5) is 25.9. The van der Waals surface area contributed by atoms with Gasteiger partial charge in [-0.2, -0.15) is 0 Å². The minimum absolute atomic E-state index is 0.229. The molecule has 0 radical (unpaired) electrons. The molecule has 1 fully saturated rings. The van der Waals surface area contributed by atoms with Crippen LogP contribution in [0.3, 0.4) is 0 Å². The molecule has 202 valence electrons. The number of hydrogen-bond donors (Lipinski definition) is 4. The number of carbonyl (C=O) groups excluding carboxylic acids is 1. The van der Waals surface area contributed by atoms with Crippen LogP contribution in [-0.4, -0.2) is 56.8 Å². The lowest BCUT2D eigenvalue weighted by molar-refractivity contribution is -0.116. The molecule has 0 aliphatic carbocycles. The zero-order valence-corrected chi connectivity index (χ0v) is 22.9. The van der Waals surface area contributed by atoms with Gasteiger partial charge in [0.15, 0.2) is 0 Å². The largest absolute Gasteiger partial charge is 0.494 e. The molecule has 0 atom stereocenters. The van der Waals surface area contributed by atoms with Crippen LogP contribution in [0.2, 0.25) is 5.02 Å². The van der Waals surface area contributed by atoms with Gasteiger partial charge in [0.1, 0.15) is 5.75 Å². The van der Waals surface area contributed by atoms with E-state index in [1.807, 2.05) is 42.6 Å². The van der Waals surface area contributed by atoms with Gasteiger partial charge in [-0.1, -0.05) is 30.3 Å². The molecule has 4 aromatic rings. The minimum atomic E-state index is -2.47. The van der Waals surface area contributed by atoms with Crippen LogP contribution in [0.4, 0.5) is 17.3 Å². The number of aromatic nitrogens is 3. The number of amides is 1. The van der Waals surface area contributed by atoms with E-state index in [2.05, 4.69) is 32.1 Å². The summed E-state index contributed by atoms with van der Waals surface area (Å²) in [6.45, 7) is 4.99. The Kier molecular flexibility index (Phi) is 7.45. The number of aromatic amines is 1. The van der Waals surface area contributed by atoms with Crippen molar-refractivity contribution in [3.8, 4) is 17.0 Å². The van der Waals surface area contributed by atoms with Gasteiger partial charge in [-0.05, 0) is 29.8 Å². The van der Waals surface area contributed by atoms with Gasteiger partial charge in [-0.15, -0.1) is 0 Å². The fraction of sp³-hybridized carbons (Fsp3) is 0.222. The van der Waals surface area contributed by atoms with Gasteiger partial charge >= 0.3 is 0 Å². The molecule has 12 heteroatoms. The molecule has 1 amide bonds. The molecule has 1 aliphatic heterocycles. The maximum atomic E-state index is 12.0. The molecule has 5 rings (SSSR count). The number of benzene rings is 2. The smallest absolute Gasteiger partial charge is 0.243 e. The number of carbonyl (C=O) groups is 1. The first kappa shape index (κ1) is 26.5. The van der Waals surface area contributed by atoms with Crippen LogP contribution in [-0.2, 0) is 21.1 Å². The van der Waals surface area contributed by atoms with Crippen molar-refractivity contribution in [2.45, 2.75) is 6.54 Å². The zero-order valence-electron chi connectivity index (χ0n) is 21.3. The van der Waals surface area contributed by atoms with E-state index in [-0.39, 0.29) is 5.91 Å². The van der Waals surface area contributed by atoms with Crippen molar-refractivity contribution in [3.05, 3.63) is 72.0 Å². The Balaban J connectivity index is 1.38. The van der Waals surface area contributed by atoms with Crippen molar-refractivity contribution >= 4 is 55.5 Å². The van der Waals surface area contributed by atoms with Gasteiger partial charge in [-0.3, -0.25) is 9.57 Å². The predicted molar refractivity (Wildman–Crippen MR) is 155 cm³/mol. The first-order valence-corrected chi connectivity index (χ1v) is 14.5. The second kappa shape index (κ2) is 11.0. The standard InChI is InChI=1S/C27H28ClN7O3S/c1-3-25(36)31-14-17-4-6-19-20(15-30-23(19)12-17)26-21(28)16-32-27(34-26)33-22-7-5-18(13-24(22)38-2)35-8-10-39(29,37)11-9-35/h3-7,12-13,15-16,29-30H,1,8-11,14H2,2H3,(H,31,36)(H,32,33,34). The van der Waals surface area contributed by atoms with Crippen LogP contribution in [0, 0.1) is 4.78 Å². The van der Waals surface area contributed by atoms with E-state index in [1.54, 1.807) is 13.3 Å². The highest BCUT2D eigenvalue weighted by atomic mass is 35.5. The zero-order chi connectivity index (χ0) is 27.6. The normalized spacial score (nSPS) is 14.7. The Bertz CT molecular complexity index is 1660. The van der Waals surface area contributed by atoms with Crippen LogP contribution in [0.15, 0.2) is 61.4 Å². The fourth-order valence-corrected chi connectivity index (χ4v) is 5.87. The Morgan fingerprint density at radius 1 is 1.28 bits per heavy atom. The van der Waals surface area contributed by atoms with Gasteiger partial charge in [0.05, 0.1) is 29.7 Å². The molecule has 3 heterocycles. The van der Waals surface area contributed by atoms with E-state index in [9.17, 15) is 9.00 Å². The van der Waals surface area contributed by atoms with E-state index in [0.717, 1.165) is 27.7 Å². The van der Waals surface area contributed by atoms with Gasteiger partial charge in [0, 0.05) is 75.3 Å². The summed E-state index contributed by atoms with van der Waals surface area (Å²) in [5.41, 5.74) is 4.83. The van der Waals surface area contributed by atoms with Crippen molar-refractivity contribution < 1.29 is 13.7 Å².